The Balaban J connectivity index is 1.29. The third-order valence-corrected chi connectivity index (χ3v) is 8.77. The molecule has 0 spiro atoms. The van der Waals surface area contributed by atoms with Gasteiger partial charge in [-0.1, -0.05) is 12.1 Å². The standard InChI is InChI=1S/C24H24F3N5OS3/c1-34-32-19-7-6-17(14-16(19)8-9-28-22(33)18-4-2-3-5-20(18)32)36-31-12-10-30(11-13-31)23-29-21(15-35-23)24(25,26)27/h2-7,14-15H,8-13H2,1H3,(H,28,33). The number of rotatable bonds is 4. The molecule has 0 unspecified atom stereocenters. The SMILES string of the molecule is CSN1c2ccc(SN3CCN(c4nc(C(F)(F)F)cs4)CC3)cc2CCNC(=O)c2ccccc21. The number of thiazole rings is 1. The van der Waals surface area contributed by atoms with Crippen LogP contribution in [0.25, 0.3) is 0 Å². The molecular weight excluding hydrogens is 527 g/mol. The molecule has 36 heavy (non-hydrogen) atoms. The summed E-state index contributed by atoms with van der Waals surface area (Å²) in [5.41, 5.74) is 2.89. The lowest BCUT2D eigenvalue weighted by molar-refractivity contribution is -0.140. The Hall–Kier alpha value is -2.41. The number of carbonyl (C=O) groups is 1. The third-order valence-electron chi connectivity index (χ3n) is 6.03. The Labute approximate surface area is 220 Å². The quantitative estimate of drug-likeness (QED) is 0.418. The van der Waals surface area contributed by atoms with Gasteiger partial charge in [0.15, 0.2) is 10.8 Å². The molecule has 2 aliphatic rings. The fraction of sp³-hybridized carbons (Fsp3) is 0.333. The molecule has 12 heteroatoms. The molecule has 3 heterocycles. The maximum Gasteiger partial charge on any atom is 0.434 e. The zero-order chi connectivity index (χ0) is 25.3. The van der Waals surface area contributed by atoms with Crippen molar-refractivity contribution >= 4 is 57.6 Å². The summed E-state index contributed by atoms with van der Waals surface area (Å²) in [6, 6.07) is 14.0. The maximum absolute atomic E-state index is 12.9. The minimum Gasteiger partial charge on any atom is -0.352 e. The lowest BCUT2D eigenvalue weighted by Gasteiger charge is -2.33. The van der Waals surface area contributed by atoms with Crippen molar-refractivity contribution in [3.05, 3.63) is 64.7 Å². The van der Waals surface area contributed by atoms with Crippen LogP contribution >= 0.6 is 35.2 Å². The number of amides is 1. The fourth-order valence-corrected chi connectivity index (χ4v) is 6.84. The zero-order valence-corrected chi connectivity index (χ0v) is 21.9. The number of anilines is 3. The number of para-hydroxylation sites is 1. The predicted molar refractivity (Wildman–Crippen MR) is 141 cm³/mol. The highest BCUT2D eigenvalue weighted by molar-refractivity contribution is 8.00. The Morgan fingerprint density at radius 1 is 1.06 bits per heavy atom. The number of piperazine rings is 1. The molecule has 1 aromatic heterocycles. The first-order valence-electron chi connectivity index (χ1n) is 11.4. The number of alkyl halides is 3. The summed E-state index contributed by atoms with van der Waals surface area (Å²) in [4.78, 5) is 19.5. The van der Waals surface area contributed by atoms with Crippen molar-refractivity contribution in [1.82, 2.24) is 14.6 Å². The number of hydrogen-bond acceptors (Lipinski definition) is 8. The van der Waals surface area contributed by atoms with Crippen molar-refractivity contribution in [2.24, 2.45) is 0 Å². The average Bonchev–Trinajstić information content (AvgIpc) is 3.38. The lowest BCUT2D eigenvalue weighted by Crippen LogP contribution is -2.43. The molecule has 3 aromatic rings. The summed E-state index contributed by atoms with van der Waals surface area (Å²) in [7, 11) is 0. The van der Waals surface area contributed by atoms with Crippen molar-refractivity contribution in [2.75, 3.05) is 48.2 Å². The Bertz CT molecular complexity index is 1240. The molecular formula is C24H24F3N5OS3. The zero-order valence-electron chi connectivity index (χ0n) is 19.4. The monoisotopic (exact) mass is 551 g/mol. The largest absolute Gasteiger partial charge is 0.434 e. The summed E-state index contributed by atoms with van der Waals surface area (Å²) in [6.45, 7) is 3.20. The van der Waals surface area contributed by atoms with Crippen LogP contribution < -0.4 is 14.5 Å². The smallest absolute Gasteiger partial charge is 0.352 e. The van der Waals surface area contributed by atoms with Gasteiger partial charge < -0.3 is 10.2 Å². The van der Waals surface area contributed by atoms with Gasteiger partial charge in [0.2, 0.25) is 0 Å². The molecule has 5 rings (SSSR count). The third kappa shape index (κ3) is 5.31. The van der Waals surface area contributed by atoms with E-state index >= 15 is 0 Å². The van der Waals surface area contributed by atoms with Crippen LogP contribution in [-0.4, -0.2) is 54.2 Å². The molecule has 0 atom stereocenters. The molecule has 0 aliphatic carbocycles. The van der Waals surface area contributed by atoms with E-state index in [9.17, 15) is 18.0 Å². The number of aromatic nitrogens is 1. The van der Waals surface area contributed by atoms with Crippen LogP contribution in [0.3, 0.4) is 0 Å². The van der Waals surface area contributed by atoms with Gasteiger partial charge in [-0.05, 0) is 66.2 Å². The summed E-state index contributed by atoms with van der Waals surface area (Å²) >= 11 is 4.26. The van der Waals surface area contributed by atoms with E-state index in [-0.39, 0.29) is 5.91 Å². The highest BCUT2D eigenvalue weighted by atomic mass is 32.2. The molecule has 1 fully saturated rings. The van der Waals surface area contributed by atoms with Crippen molar-refractivity contribution < 1.29 is 18.0 Å². The van der Waals surface area contributed by atoms with Crippen molar-refractivity contribution in [2.45, 2.75) is 17.5 Å². The first-order valence-corrected chi connectivity index (χ1v) is 14.2. The van der Waals surface area contributed by atoms with Gasteiger partial charge in [-0.15, -0.1) is 11.3 Å². The molecule has 190 valence electrons. The second-order valence-electron chi connectivity index (χ2n) is 8.31. The van der Waals surface area contributed by atoms with E-state index in [0.29, 0.717) is 49.8 Å². The van der Waals surface area contributed by atoms with Crippen LogP contribution in [0.15, 0.2) is 52.7 Å². The van der Waals surface area contributed by atoms with E-state index in [0.717, 1.165) is 38.6 Å². The second kappa shape index (κ2) is 10.5. The van der Waals surface area contributed by atoms with Crippen LogP contribution in [0.4, 0.5) is 29.7 Å². The van der Waals surface area contributed by atoms with E-state index in [1.807, 2.05) is 35.4 Å². The Kier molecular flexibility index (Phi) is 7.38. The van der Waals surface area contributed by atoms with E-state index in [2.05, 4.69) is 37.1 Å². The predicted octanol–water partition coefficient (Wildman–Crippen LogP) is 5.69. The van der Waals surface area contributed by atoms with Crippen LogP contribution in [0.5, 0.6) is 0 Å². The number of carbonyl (C=O) groups excluding carboxylic acids is 1. The van der Waals surface area contributed by atoms with Crippen molar-refractivity contribution in [1.29, 1.82) is 0 Å². The summed E-state index contributed by atoms with van der Waals surface area (Å²) in [6.07, 6.45) is -1.70. The molecule has 2 aromatic carbocycles. The number of benzene rings is 2. The van der Waals surface area contributed by atoms with Gasteiger partial charge >= 0.3 is 6.18 Å². The van der Waals surface area contributed by atoms with Crippen LogP contribution in [-0.2, 0) is 12.6 Å². The minimum absolute atomic E-state index is 0.0764. The summed E-state index contributed by atoms with van der Waals surface area (Å²) < 4.78 is 43.0. The highest BCUT2D eigenvalue weighted by Gasteiger charge is 2.34. The highest BCUT2D eigenvalue weighted by Crippen LogP contribution is 2.39. The maximum atomic E-state index is 12.9. The topological polar surface area (TPSA) is 51.7 Å². The number of hydrogen-bond donors (Lipinski definition) is 1. The first-order chi connectivity index (χ1) is 17.3. The molecule has 2 aliphatic heterocycles. The van der Waals surface area contributed by atoms with Crippen LogP contribution in [0.2, 0.25) is 0 Å². The molecule has 6 nitrogen and oxygen atoms in total. The number of fused-ring (bicyclic) bond motifs is 2. The van der Waals surface area contributed by atoms with Gasteiger partial charge in [-0.3, -0.25) is 9.10 Å². The lowest BCUT2D eigenvalue weighted by atomic mass is 10.1. The van der Waals surface area contributed by atoms with Crippen molar-refractivity contribution in [3.8, 4) is 0 Å². The van der Waals surface area contributed by atoms with E-state index in [4.69, 9.17) is 0 Å². The number of nitrogens with zero attached hydrogens (tertiary/aromatic N) is 4. The van der Waals surface area contributed by atoms with Gasteiger partial charge in [0.1, 0.15) is 0 Å². The summed E-state index contributed by atoms with van der Waals surface area (Å²) in [5.74, 6) is -0.0764. The number of nitrogens with one attached hydrogen (secondary N) is 1. The van der Waals surface area contributed by atoms with Gasteiger partial charge in [-0.25, -0.2) is 9.29 Å². The molecule has 1 N–H and O–H groups in total. The molecule has 0 saturated carbocycles. The van der Waals surface area contributed by atoms with Gasteiger partial charge in [0.05, 0.1) is 16.9 Å². The second-order valence-corrected chi connectivity index (χ2v) is 11.0. The van der Waals surface area contributed by atoms with Crippen LogP contribution in [0.1, 0.15) is 21.6 Å². The first kappa shape index (κ1) is 25.2. The van der Waals surface area contributed by atoms with Gasteiger partial charge in [-0.2, -0.15) is 13.2 Å². The van der Waals surface area contributed by atoms with E-state index < -0.39 is 11.9 Å². The van der Waals surface area contributed by atoms with E-state index in [1.165, 1.54) is 0 Å². The van der Waals surface area contributed by atoms with Gasteiger partial charge in [0.25, 0.3) is 5.91 Å². The molecule has 1 amide bonds. The minimum atomic E-state index is -4.41. The van der Waals surface area contributed by atoms with Crippen LogP contribution in [0, 0.1) is 0 Å². The van der Waals surface area contributed by atoms with Gasteiger partial charge in [0, 0.05) is 49.3 Å². The fourth-order valence-electron chi connectivity index (χ4n) is 4.25. The Morgan fingerprint density at radius 2 is 1.83 bits per heavy atom. The average molecular weight is 552 g/mol. The number of halogens is 3. The molecule has 1 saturated heterocycles. The van der Waals surface area contributed by atoms with Crippen molar-refractivity contribution in [3.63, 3.8) is 0 Å². The molecule has 0 bridgehead atoms. The van der Waals surface area contributed by atoms with E-state index in [1.54, 1.807) is 23.9 Å². The molecule has 0 radical (unpaired) electrons. The Morgan fingerprint density at radius 3 is 2.56 bits per heavy atom. The normalized spacial score (nSPS) is 17.1. The summed E-state index contributed by atoms with van der Waals surface area (Å²) in [5, 5.41) is 4.52.